The van der Waals surface area contributed by atoms with Crippen LogP contribution in [0.4, 0.5) is 4.39 Å². The zero-order valence-corrected chi connectivity index (χ0v) is 15.9. The van der Waals surface area contributed by atoms with Gasteiger partial charge >= 0.3 is 0 Å². The van der Waals surface area contributed by atoms with Crippen LogP contribution in [0.2, 0.25) is 0 Å². The molecule has 7 heteroatoms. The maximum Gasteiger partial charge on any atom is 0.251 e. The Kier molecular flexibility index (Phi) is 5.17. The third-order valence-electron chi connectivity index (χ3n) is 5.03. The number of fused-ring (bicyclic) bond motifs is 1. The Labute approximate surface area is 166 Å². The number of carbonyl (C=O) groups is 3. The van der Waals surface area contributed by atoms with Crippen molar-refractivity contribution in [2.24, 2.45) is 0 Å². The van der Waals surface area contributed by atoms with E-state index in [4.69, 9.17) is 0 Å². The van der Waals surface area contributed by atoms with E-state index in [0.717, 1.165) is 28.2 Å². The summed E-state index contributed by atoms with van der Waals surface area (Å²) in [6.07, 6.45) is 1.27. The van der Waals surface area contributed by atoms with Crippen LogP contribution in [0, 0.1) is 5.82 Å². The molecule has 1 N–H and O–H groups in total. The third kappa shape index (κ3) is 3.80. The van der Waals surface area contributed by atoms with E-state index < -0.39 is 0 Å². The highest BCUT2D eigenvalue weighted by Gasteiger charge is 2.28. The number of likely N-dealkylation sites (tertiary alicyclic amines) is 1. The van der Waals surface area contributed by atoms with Gasteiger partial charge in [-0.1, -0.05) is 12.1 Å². The molecule has 0 radical (unpaired) electrons. The van der Waals surface area contributed by atoms with E-state index in [1.54, 1.807) is 42.1 Å². The fraction of sp³-hybridized carbons (Fsp3) is 0.286. The number of thioether (sulfide) groups is 1. The van der Waals surface area contributed by atoms with Crippen molar-refractivity contribution >= 4 is 29.5 Å². The van der Waals surface area contributed by atoms with E-state index in [2.05, 4.69) is 5.32 Å². The number of nitrogens with zero attached hydrogens (tertiary/aromatic N) is 1. The monoisotopic (exact) mass is 398 g/mol. The number of amides is 3. The van der Waals surface area contributed by atoms with Gasteiger partial charge in [-0.15, -0.1) is 11.8 Å². The lowest BCUT2D eigenvalue weighted by Gasteiger charge is -2.26. The van der Waals surface area contributed by atoms with Gasteiger partial charge in [-0.05, 0) is 47.9 Å². The average Bonchev–Trinajstić information content (AvgIpc) is 3.01. The first-order chi connectivity index (χ1) is 13.5. The molecule has 0 aromatic heterocycles. The van der Waals surface area contributed by atoms with Crippen LogP contribution in [-0.2, 0) is 16.1 Å². The number of rotatable bonds is 4. The summed E-state index contributed by atoms with van der Waals surface area (Å²) in [5, 5.41) is 2.99. The summed E-state index contributed by atoms with van der Waals surface area (Å²) < 4.78 is 13.6. The smallest absolute Gasteiger partial charge is 0.251 e. The summed E-state index contributed by atoms with van der Waals surface area (Å²) in [7, 11) is 0. The van der Waals surface area contributed by atoms with Gasteiger partial charge in [0, 0.05) is 29.1 Å². The van der Waals surface area contributed by atoms with Crippen LogP contribution in [0.25, 0.3) is 0 Å². The fourth-order valence-corrected chi connectivity index (χ4v) is 4.61. The Morgan fingerprint density at radius 2 is 1.82 bits per heavy atom. The molecule has 0 aliphatic carbocycles. The summed E-state index contributed by atoms with van der Waals surface area (Å²) in [5.41, 5.74) is 2.09. The van der Waals surface area contributed by atoms with Crippen LogP contribution in [0.3, 0.4) is 0 Å². The van der Waals surface area contributed by atoms with Gasteiger partial charge in [-0.3, -0.25) is 19.3 Å². The zero-order valence-electron chi connectivity index (χ0n) is 15.1. The first kappa shape index (κ1) is 18.7. The number of hydrogen-bond donors (Lipinski definition) is 1. The van der Waals surface area contributed by atoms with Crippen molar-refractivity contribution in [3.05, 3.63) is 65.0 Å². The van der Waals surface area contributed by atoms with E-state index in [1.165, 1.54) is 17.0 Å². The summed E-state index contributed by atoms with van der Waals surface area (Å²) in [6, 6.07) is 11.3. The molecule has 5 nitrogen and oxygen atoms in total. The van der Waals surface area contributed by atoms with Gasteiger partial charge in [0.1, 0.15) is 5.82 Å². The van der Waals surface area contributed by atoms with Crippen LogP contribution in [0.5, 0.6) is 0 Å². The van der Waals surface area contributed by atoms with Gasteiger partial charge in [-0.25, -0.2) is 4.39 Å². The first-order valence-electron chi connectivity index (χ1n) is 9.16. The molecule has 3 amide bonds. The molecule has 4 rings (SSSR count). The highest BCUT2D eigenvalue weighted by Crippen LogP contribution is 2.36. The van der Waals surface area contributed by atoms with Crippen molar-refractivity contribution in [3.8, 4) is 0 Å². The number of hydrogen-bond acceptors (Lipinski definition) is 4. The maximum absolute atomic E-state index is 13.6. The summed E-state index contributed by atoms with van der Waals surface area (Å²) in [4.78, 5) is 38.3. The molecule has 2 aromatic rings. The molecule has 2 heterocycles. The summed E-state index contributed by atoms with van der Waals surface area (Å²) >= 11 is 1.66. The lowest BCUT2D eigenvalue weighted by Crippen LogP contribution is -2.31. The Hall–Kier alpha value is -2.67. The normalized spacial score (nSPS) is 18.9. The molecule has 0 saturated carbocycles. The quantitative estimate of drug-likeness (QED) is 0.802. The van der Waals surface area contributed by atoms with Crippen molar-refractivity contribution in [2.45, 2.75) is 36.7 Å². The van der Waals surface area contributed by atoms with Crippen LogP contribution >= 0.6 is 11.8 Å². The molecular formula is C21H19FN2O3S. The number of nitrogens with one attached hydrogen (secondary N) is 1. The Morgan fingerprint density at radius 3 is 2.54 bits per heavy atom. The molecule has 2 aliphatic heterocycles. The van der Waals surface area contributed by atoms with Gasteiger partial charge in [0.25, 0.3) is 5.91 Å². The molecule has 1 atom stereocenters. The van der Waals surface area contributed by atoms with E-state index in [-0.39, 0.29) is 49.0 Å². The minimum absolute atomic E-state index is 0.159. The van der Waals surface area contributed by atoms with Gasteiger partial charge in [-0.2, -0.15) is 0 Å². The van der Waals surface area contributed by atoms with Crippen molar-refractivity contribution in [2.75, 3.05) is 5.75 Å². The lowest BCUT2D eigenvalue weighted by molar-refractivity contribution is -0.139. The van der Waals surface area contributed by atoms with Gasteiger partial charge < -0.3 is 5.32 Å². The second-order valence-electron chi connectivity index (χ2n) is 6.92. The van der Waals surface area contributed by atoms with Crippen molar-refractivity contribution in [3.63, 3.8) is 0 Å². The van der Waals surface area contributed by atoms with E-state index >= 15 is 0 Å². The molecule has 1 unspecified atom stereocenters. The summed E-state index contributed by atoms with van der Waals surface area (Å²) in [6.45, 7) is 0.228. The third-order valence-corrected chi connectivity index (χ3v) is 6.15. The van der Waals surface area contributed by atoms with E-state index in [1.807, 2.05) is 0 Å². The van der Waals surface area contributed by atoms with E-state index in [9.17, 15) is 18.8 Å². The van der Waals surface area contributed by atoms with Crippen LogP contribution in [-0.4, -0.2) is 28.4 Å². The van der Waals surface area contributed by atoms with Crippen LogP contribution < -0.4 is 5.32 Å². The van der Waals surface area contributed by atoms with Crippen molar-refractivity contribution < 1.29 is 18.8 Å². The van der Waals surface area contributed by atoms with Crippen molar-refractivity contribution in [1.29, 1.82) is 0 Å². The number of benzene rings is 2. The van der Waals surface area contributed by atoms with E-state index in [0.29, 0.717) is 5.56 Å². The molecule has 0 spiro atoms. The largest absolute Gasteiger partial charge is 0.345 e. The topological polar surface area (TPSA) is 66.5 Å². The fourth-order valence-electron chi connectivity index (χ4n) is 3.50. The Bertz CT molecular complexity index is 929. The maximum atomic E-state index is 13.6. The Morgan fingerprint density at radius 1 is 1.11 bits per heavy atom. The molecule has 1 fully saturated rings. The van der Waals surface area contributed by atoms with Crippen molar-refractivity contribution in [1.82, 2.24) is 10.2 Å². The zero-order chi connectivity index (χ0) is 19.7. The molecule has 0 bridgehead atoms. The molecule has 144 valence electrons. The highest BCUT2D eigenvalue weighted by atomic mass is 32.2. The standard InChI is InChI=1S/C21H19FN2O3S/c22-15-5-6-18-16(11-15)17(9-10-28-18)23-21(27)14-3-1-13(2-4-14)12-24-19(25)7-8-20(24)26/h1-6,11,17H,7-10,12H2,(H,23,27). The lowest BCUT2D eigenvalue weighted by atomic mass is 10.0. The predicted octanol–water partition coefficient (Wildman–Crippen LogP) is 3.44. The second-order valence-corrected chi connectivity index (χ2v) is 8.05. The minimum Gasteiger partial charge on any atom is -0.345 e. The number of imide groups is 1. The molecular weight excluding hydrogens is 379 g/mol. The van der Waals surface area contributed by atoms with Gasteiger partial charge in [0.15, 0.2) is 0 Å². The first-order valence-corrected chi connectivity index (χ1v) is 10.1. The predicted molar refractivity (Wildman–Crippen MR) is 103 cm³/mol. The summed E-state index contributed by atoms with van der Waals surface area (Å²) in [5.74, 6) is 0.00375. The number of carbonyl (C=O) groups excluding carboxylic acids is 3. The number of halogens is 1. The molecule has 2 aliphatic rings. The SMILES string of the molecule is O=C(NC1CCSc2ccc(F)cc21)c1ccc(CN2C(=O)CCC2=O)cc1. The van der Waals surface area contributed by atoms with Gasteiger partial charge in [0.05, 0.1) is 12.6 Å². The molecule has 1 saturated heterocycles. The highest BCUT2D eigenvalue weighted by molar-refractivity contribution is 7.99. The molecule has 2 aromatic carbocycles. The van der Waals surface area contributed by atoms with Crippen LogP contribution in [0.1, 0.15) is 46.8 Å². The second kappa shape index (κ2) is 7.75. The van der Waals surface area contributed by atoms with Crippen LogP contribution in [0.15, 0.2) is 47.4 Å². The molecule has 28 heavy (non-hydrogen) atoms. The Balaban J connectivity index is 1.44. The minimum atomic E-state index is -0.309. The average molecular weight is 398 g/mol. The van der Waals surface area contributed by atoms with Gasteiger partial charge in [0.2, 0.25) is 11.8 Å².